The minimum absolute atomic E-state index is 0.159. The van der Waals surface area contributed by atoms with Crippen LogP contribution in [0.5, 0.6) is 0 Å². The fraction of sp³-hybridized carbons (Fsp3) is 0.188. The van der Waals surface area contributed by atoms with Gasteiger partial charge in [0, 0.05) is 36.0 Å². The molecule has 2 heteroatoms. The van der Waals surface area contributed by atoms with E-state index in [4.69, 9.17) is 6.42 Å². The lowest BCUT2D eigenvalue weighted by Gasteiger charge is -2.29. The summed E-state index contributed by atoms with van der Waals surface area (Å²) in [7, 11) is 0. The standard InChI is InChI=1S/C32H31N2/c1-6-8-19-33-25(5)24(4)28(13-7-2)31-22-34-20-18-26(27-15-10-9-14-23(27)3)21-32(34)30-17-12-11-16-29(30)31/h1,7-21,24,31H,2,22H2,3-5H3/q+1/b19-8-,28-13+,33-25?. The fourth-order valence-corrected chi connectivity index (χ4v) is 4.85. The zero-order chi connectivity index (χ0) is 24.1. The van der Waals surface area contributed by atoms with Crippen LogP contribution in [0.3, 0.4) is 0 Å². The molecule has 1 aromatic heterocycles. The van der Waals surface area contributed by atoms with Gasteiger partial charge in [0.1, 0.15) is 0 Å². The van der Waals surface area contributed by atoms with Gasteiger partial charge in [-0.3, -0.25) is 4.99 Å². The molecule has 2 unspecified atom stereocenters. The molecule has 2 heterocycles. The maximum Gasteiger partial charge on any atom is 0.213 e. The van der Waals surface area contributed by atoms with Crippen LogP contribution in [0, 0.1) is 25.2 Å². The van der Waals surface area contributed by atoms with Gasteiger partial charge in [-0.15, -0.1) is 6.42 Å². The van der Waals surface area contributed by atoms with Crippen LogP contribution in [-0.4, -0.2) is 5.71 Å². The highest BCUT2D eigenvalue weighted by atomic mass is 15.0. The van der Waals surface area contributed by atoms with Gasteiger partial charge in [0.15, 0.2) is 12.7 Å². The minimum Gasteiger partial charge on any atom is -0.265 e. The van der Waals surface area contributed by atoms with Crippen molar-refractivity contribution >= 4 is 5.71 Å². The predicted octanol–water partition coefficient (Wildman–Crippen LogP) is 7.07. The number of benzene rings is 2. The third-order valence-electron chi connectivity index (χ3n) is 6.77. The number of hydrogen-bond donors (Lipinski definition) is 0. The maximum atomic E-state index is 5.34. The van der Waals surface area contributed by atoms with E-state index in [2.05, 4.69) is 116 Å². The molecule has 1 aliphatic rings. The van der Waals surface area contributed by atoms with Gasteiger partial charge in [0.05, 0.1) is 11.5 Å². The molecule has 0 fully saturated rings. The molecule has 2 nitrogen and oxygen atoms in total. The Hall–Kier alpha value is -3.96. The molecule has 0 amide bonds. The van der Waals surface area contributed by atoms with Crippen molar-refractivity contribution < 1.29 is 4.57 Å². The van der Waals surface area contributed by atoms with Crippen molar-refractivity contribution in [1.29, 1.82) is 0 Å². The second kappa shape index (κ2) is 10.3. The Balaban J connectivity index is 1.79. The summed E-state index contributed by atoms with van der Waals surface area (Å²) in [6, 6.07) is 21.9. The van der Waals surface area contributed by atoms with E-state index in [-0.39, 0.29) is 11.8 Å². The molecule has 3 aromatic rings. The lowest BCUT2D eigenvalue weighted by molar-refractivity contribution is -0.689. The Morgan fingerprint density at radius 3 is 2.62 bits per heavy atom. The first-order valence-electron chi connectivity index (χ1n) is 11.7. The summed E-state index contributed by atoms with van der Waals surface area (Å²) >= 11 is 0. The van der Waals surface area contributed by atoms with Crippen LogP contribution in [0.4, 0.5) is 0 Å². The van der Waals surface area contributed by atoms with E-state index in [1.54, 1.807) is 12.3 Å². The molecule has 4 rings (SSSR count). The number of aryl methyl sites for hydroxylation is 1. The number of rotatable bonds is 6. The van der Waals surface area contributed by atoms with Crippen molar-refractivity contribution in [3.63, 3.8) is 0 Å². The number of allylic oxidation sites excluding steroid dienone is 4. The van der Waals surface area contributed by atoms with Crippen LogP contribution >= 0.6 is 0 Å². The molecule has 2 aromatic carbocycles. The van der Waals surface area contributed by atoms with E-state index >= 15 is 0 Å². The number of nitrogens with zero attached hydrogens (tertiary/aromatic N) is 2. The van der Waals surface area contributed by atoms with Gasteiger partial charge in [-0.25, -0.2) is 0 Å². The van der Waals surface area contributed by atoms with Crippen LogP contribution in [-0.2, 0) is 6.54 Å². The molecule has 0 spiro atoms. The highest BCUT2D eigenvalue weighted by molar-refractivity contribution is 5.87. The Morgan fingerprint density at radius 2 is 1.88 bits per heavy atom. The van der Waals surface area contributed by atoms with Gasteiger partial charge in [-0.1, -0.05) is 74.0 Å². The molecule has 1 aliphatic heterocycles. The molecule has 0 bridgehead atoms. The van der Waals surface area contributed by atoms with Crippen molar-refractivity contribution in [2.45, 2.75) is 33.2 Å². The maximum absolute atomic E-state index is 5.34. The highest BCUT2D eigenvalue weighted by Gasteiger charge is 2.34. The van der Waals surface area contributed by atoms with Crippen molar-refractivity contribution in [2.24, 2.45) is 10.9 Å². The smallest absolute Gasteiger partial charge is 0.213 e. The summed E-state index contributed by atoms with van der Waals surface area (Å²) in [4.78, 5) is 4.58. The van der Waals surface area contributed by atoms with Crippen LogP contribution in [0.15, 0.2) is 108 Å². The molecule has 0 saturated heterocycles. The number of aliphatic imine (C=N–C) groups is 1. The number of aromatic nitrogens is 1. The quantitative estimate of drug-likeness (QED) is 0.168. The van der Waals surface area contributed by atoms with E-state index in [1.807, 2.05) is 6.08 Å². The van der Waals surface area contributed by atoms with Gasteiger partial charge in [-0.2, -0.15) is 4.57 Å². The summed E-state index contributed by atoms with van der Waals surface area (Å²) in [5.74, 6) is 2.89. The van der Waals surface area contributed by atoms with Crippen molar-refractivity contribution in [3.8, 4) is 34.7 Å². The van der Waals surface area contributed by atoms with E-state index in [0.717, 1.165) is 12.3 Å². The third kappa shape index (κ3) is 4.56. The first-order valence-corrected chi connectivity index (χ1v) is 11.7. The summed E-state index contributed by atoms with van der Waals surface area (Å²) in [5.41, 5.74) is 10.0. The largest absolute Gasteiger partial charge is 0.265 e. The molecule has 34 heavy (non-hydrogen) atoms. The zero-order valence-corrected chi connectivity index (χ0v) is 20.2. The lowest BCUT2D eigenvalue weighted by Crippen LogP contribution is -2.43. The van der Waals surface area contributed by atoms with Gasteiger partial charge in [0.2, 0.25) is 5.69 Å². The Kier molecular flexibility index (Phi) is 7.04. The van der Waals surface area contributed by atoms with E-state index < -0.39 is 0 Å². The zero-order valence-electron chi connectivity index (χ0n) is 20.2. The number of terminal acetylenes is 1. The van der Waals surface area contributed by atoms with Crippen molar-refractivity contribution in [2.75, 3.05) is 0 Å². The molecule has 0 N–H and O–H groups in total. The third-order valence-corrected chi connectivity index (χ3v) is 6.77. The molecule has 0 aliphatic carbocycles. The predicted molar refractivity (Wildman–Crippen MR) is 144 cm³/mol. The monoisotopic (exact) mass is 443 g/mol. The van der Waals surface area contributed by atoms with Crippen LogP contribution in [0.1, 0.15) is 30.9 Å². The normalized spacial score (nSPS) is 16.5. The Labute approximate surface area is 203 Å². The topological polar surface area (TPSA) is 16.2 Å². The number of pyridine rings is 1. The van der Waals surface area contributed by atoms with Crippen LogP contribution in [0.2, 0.25) is 0 Å². The summed E-state index contributed by atoms with van der Waals surface area (Å²) in [6.07, 6.45) is 14.9. The average Bonchev–Trinajstić information content (AvgIpc) is 2.86. The summed E-state index contributed by atoms with van der Waals surface area (Å²) < 4.78 is 2.38. The highest BCUT2D eigenvalue weighted by Crippen LogP contribution is 2.40. The Bertz CT molecular complexity index is 1350. The first kappa shape index (κ1) is 23.2. The Morgan fingerprint density at radius 1 is 1.15 bits per heavy atom. The molecular weight excluding hydrogens is 412 g/mol. The van der Waals surface area contributed by atoms with Gasteiger partial charge in [0.25, 0.3) is 0 Å². The van der Waals surface area contributed by atoms with Crippen molar-refractivity contribution in [3.05, 3.63) is 115 Å². The molecule has 0 radical (unpaired) electrons. The molecule has 0 saturated carbocycles. The van der Waals surface area contributed by atoms with E-state index in [0.29, 0.717) is 0 Å². The van der Waals surface area contributed by atoms with E-state index in [1.165, 1.54) is 39.1 Å². The van der Waals surface area contributed by atoms with Gasteiger partial charge < -0.3 is 0 Å². The number of hydrogen-bond acceptors (Lipinski definition) is 1. The van der Waals surface area contributed by atoms with Crippen molar-refractivity contribution in [1.82, 2.24) is 0 Å². The second-order valence-corrected chi connectivity index (χ2v) is 8.78. The second-order valence-electron chi connectivity index (χ2n) is 8.78. The van der Waals surface area contributed by atoms with Gasteiger partial charge in [-0.05, 0) is 47.7 Å². The fourth-order valence-electron chi connectivity index (χ4n) is 4.85. The van der Waals surface area contributed by atoms with E-state index in [9.17, 15) is 0 Å². The lowest BCUT2D eigenvalue weighted by atomic mass is 9.77. The SMILES string of the molecule is C#C/C=C\N=C(C)C(C)/C(=C\C=C)C1C[n+]2ccc(-c3ccccc3C)cc2-c2ccccc21. The van der Waals surface area contributed by atoms with Crippen LogP contribution in [0.25, 0.3) is 22.4 Å². The van der Waals surface area contributed by atoms with Gasteiger partial charge >= 0.3 is 0 Å². The molecule has 168 valence electrons. The first-order chi connectivity index (χ1) is 16.5. The average molecular weight is 444 g/mol. The molecular formula is C32H31N2+. The minimum atomic E-state index is 0.159. The summed E-state index contributed by atoms with van der Waals surface area (Å²) in [6.45, 7) is 11.3. The number of fused-ring (bicyclic) bond motifs is 3. The summed E-state index contributed by atoms with van der Waals surface area (Å²) in [5, 5.41) is 0. The molecule has 2 atom stereocenters. The van der Waals surface area contributed by atoms with Crippen LogP contribution < -0.4 is 4.57 Å².